The smallest absolute Gasteiger partial charge is 0.323 e. The number of carbonyl (C=O) groups is 2. The standard InChI is InChI=1S/C21H20BrNO4/c1-26-19(24)21(20(25)27-2)12-17(14-6-4-3-5-7-14)23-18(13-21)15-8-10-16(22)11-9-15/h3-11,17H,12-13H2,1-2H3. The zero-order chi connectivity index (χ0) is 19.4. The summed E-state index contributed by atoms with van der Waals surface area (Å²) in [6.45, 7) is 0. The van der Waals surface area contributed by atoms with Crippen molar-refractivity contribution in [3.05, 3.63) is 70.2 Å². The Hall–Kier alpha value is -2.47. The summed E-state index contributed by atoms with van der Waals surface area (Å²) in [6.07, 6.45) is 0.341. The first-order valence-corrected chi connectivity index (χ1v) is 9.34. The van der Waals surface area contributed by atoms with Gasteiger partial charge in [0.25, 0.3) is 0 Å². The molecule has 0 N–H and O–H groups in total. The Morgan fingerprint density at radius 1 is 1.00 bits per heavy atom. The molecule has 5 nitrogen and oxygen atoms in total. The summed E-state index contributed by atoms with van der Waals surface area (Å²) in [5.74, 6) is -1.19. The molecule has 1 aliphatic rings. The van der Waals surface area contributed by atoms with Crippen molar-refractivity contribution < 1.29 is 19.1 Å². The van der Waals surface area contributed by atoms with E-state index in [4.69, 9.17) is 14.5 Å². The van der Waals surface area contributed by atoms with Crippen LogP contribution in [0.1, 0.15) is 30.0 Å². The molecule has 0 bridgehead atoms. The van der Waals surface area contributed by atoms with Gasteiger partial charge >= 0.3 is 11.9 Å². The fourth-order valence-corrected chi connectivity index (χ4v) is 3.70. The van der Waals surface area contributed by atoms with E-state index in [2.05, 4.69) is 15.9 Å². The molecule has 6 heteroatoms. The van der Waals surface area contributed by atoms with Gasteiger partial charge in [0.2, 0.25) is 0 Å². The van der Waals surface area contributed by atoms with Crippen LogP contribution in [0.5, 0.6) is 0 Å². The van der Waals surface area contributed by atoms with E-state index < -0.39 is 17.4 Å². The van der Waals surface area contributed by atoms with Gasteiger partial charge in [0.1, 0.15) is 0 Å². The lowest BCUT2D eigenvalue weighted by Gasteiger charge is -2.35. The third-order valence-corrected chi connectivity index (χ3v) is 5.37. The summed E-state index contributed by atoms with van der Waals surface area (Å²) in [5.41, 5.74) is 1.05. The highest BCUT2D eigenvalue weighted by molar-refractivity contribution is 9.10. The number of carbonyl (C=O) groups excluding carboxylic acids is 2. The van der Waals surface area contributed by atoms with Gasteiger partial charge in [0.15, 0.2) is 5.41 Å². The Bertz CT molecular complexity index is 846. The van der Waals surface area contributed by atoms with Crippen molar-refractivity contribution in [2.45, 2.75) is 18.9 Å². The maximum atomic E-state index is 12.7. The molecule has 140 valence electrons. The van der Waals surface area contributed by atoms with Crippen LogP contribution in [0, 0.1) is 5.41 Å². The molecule has 1 unspecified atom stereocenters. The van der Waals surface area contributed by atoms with Gasteiger partial charge in [-0.3, -0.25) is 14.6 Å². The van der Waals surface area contributed by atoms with E-state index in [1.807, 2.05) is 54.6 Å². The van der Waals surface area contributed by atoms with Crippen LogP contribution in [0.15, 0.2) is 64.1 Å². The second-order valence-corrected chi connectivity index (χ2v) is 7.37. The van der Waals surface area contributed by atoms with E-state index in [0.717, 1.165) is 15.6 Å². The summed E-state index contributed by atoms with van der Waals surface area (Å²) in [7, 11) is 2.57. The molecular formula is C21H20BrNO4. The van der Waals surface area contributed by atoms with Gasteiger partial charge in [0, 0.05) is 23.0 Å². The topological polar surface area (TPSA) is 65.0 Å². The number of rotatable bonds is 4. The molecule has 2 aromatic rings. The molecule has 0 saturated heterocycles. The maximum Gasteiger partial charge on any atom is 0.323 e. The van der Waals surface area contributed by atoms with E-state index in [0.29, 0.717) is 5.71 Å². The van der Waals surface area contributed by atoms with Gasteiger partial charge in [-0.1, -0.05) is 58.4 Å². The molecule has 0 radical (unpaired) electrons. The summed E-state index contributed by atoms with van der Waals surface area (Å²) in [4.78, 5) is 30.3. The van der Waals surface area contributed by atoms with Crippen LogP contribution in [0.4, 0.5) is 0 Å². The Kier molecular flexibility index (Phi) is 5.75. The molecule has 27 heavy (non-hydrogen) atoms. The molecule has 2 aromatic carbocycles. The van der Waals surface area contributed by atoms with Crippen LogP contribution in [0.25, 0.3) is 0 Å². The summed E-state index contributed by atoms with van der Waals surface area (Å²) in [5, 5.41) is 0. The van der Waals surface area contributed by atoms with Crippen LogP contribution in [0.3, 0.4) is 0 Å². The second-order valence-electron chi connectivity index (χ2n) is 6.46. The largest absolute Gasteiger partial charge is 0.468 e. The number of nitrogens with zero attached hydrogens (tertiary/aromatic N) is 1. The fraction of sp³-hybridized carbons (Fsp3) is 0.286. The number of hydrogen-bond donors (Lipinski definition) is 0. The molecule has 0 spiro atoms. The van der Waals surface area contributed by atoms with Gasteiger partial charge in [-0.05, 0) is 23.3 Å². The molecule has 1 atom stereocenters. The Labute approximate surface area is 166 Å². The third-order valence-electron chi connectivity index (χ3n) is 4.84. The van der Waals surface area contributed by atoms with Crippen LogP contribution < -0.4 is 0 Å². The first-order chi connectivity index (χ1) is 13.0. The number of halogens is 1. The molecule has 3 rings (SSSR count). The van der Waals surface area contributed by atoms with Gasteiger partial charge in [-0.15, -0.1) is 0 Å². The Morgan fingerprint density at radius 2 is 1.59 bits per heavy atom. The van der Waals surface area contributed by atoms with E-state index in [9.17, 15) is 9.59 Å². The average molecular weight is 430 g/mol. The summed E-state index contributed by atoms with van der Waals surface area (Å²) >= 11 is 3.42. The highest BCUT2D eigenvalue weighted by Crippen LogP contribution is 2.43. The fourth-order valence-electron chi connectivity index (χ4n) is 3.44. The first-order valence-electron chi connectivity index (χ1n) is 8.54. The van der Waals surface area contributed by atoms with Crippen LogP contribution in [0.2, 0.25) is 0 Å². The third kappa shape index (κ3) is 3.81. The normalized spacial score (nSPS) is 18.3. The Balaban J connectivity index is 2.13. The van der Waals surface area contributed by atoms with Crippen molar-refractivity contribution in [1.82, 2.24) is 0 Å². The predicted molar refractivity (Wildman–Crippen MR) is 106 cm³/mol. The van der Waals surface area contributed by atoms with Crippen molar-refractivity contribution >= 4 is 33.6 Å². The number of ether oxygens (including phenoxy) is 2. The zero-order valence-corrected chi connectivity index (χ0v) is 16.7. The summed E-state index contributed by atoms with van der Waals surface area (Å²) < 4.78 is 10.9. The predicted octanol–water partition coefficient (Wildman–Crippen LogP) is 4.11. The van der Waals surface area contributed by atoms with Gasteiger partial charge < -0.3 is 9.47 Å². The van der Waals surface area contributed by atoms with E-state index >= 15 is 0 Å². The maximum absolute atomic E-state index is 12.7. The van der Waals surface area contributed by atoms with E-state index in [1.165, 1.54) is 14.2 Å². The van der Waals surface area contributed by atoms with Crippen molar-refractivity contribution in [2.75, 3.05) is 14.2 Å². The van der Waals surface area contributed by atoms with Crippen molar-refractivity contribution in [3.63, 3.8) is 0 Å². The van der Waals surface area contributed by atoms with Crippen LogP contribution >= 0.6 is 15.9 Å². The second kappa shape index (κ2) is 8.05. The first kappa shape index (κ1) is 19.3. The van der Waals surface area contributed by atoms with Crippen molar-refractivity contribution in [1.29, 1.82) is 0 Å². The lowest BCUT2D eigenvalue weighted by molar-refractivity contribution is -0.170. The van der Waals surface area contributed by atoms with E-state index in [1.54, 1.807) is 0 Å². The molecule has 0 aromatic heterocycles. The molecule has 1 heterocycles. The molecule has 0 aliphatic carbocycles. The quantitative estimate of drug-likeness (QED) is 0.541. The molecule has 0 fully saturated rings. The van der Waals surface area contributed by atoms with Crippen LogP contribution in [-0.4, -0.2) is 31.9 Å². The lowest BCUT2D eigenvalue weighted by atomic mass is 9.72. The molecule has 1 aliphatic heterocycles. The summed E-state index contributed by atoms with van der Waals surface area (Å²) in [6, 6.07) is 16.9. The minimum Gasteiger partial charge on any atom is -0.468 e. The van der Waals surface area contributed by atoms with Crippen molar-refractivity contribution in [2.24, 2.45) is 10.4 Å². The number of esters is 2. The molecule has 0 saturated carbocycles. The number of aliphatic imine (C=N–C) groups is 1. The van der Waals surface area contributed by atoms with Crippen molar-refractivity contribution in [3.8, 4) is 0 Å². The lowest BCUT2D eigenvalue weighted by Crippen LogP contribution is -2.46. The minimum absolute atomic E-state index is 0.136. The Morgan fingerprint density at radius 3 is 2.15 bits per heavy atom. The average Bonchev–Trinajstić information content (AvgIpc) is 2.73. The number of methoxy groups -OCH3 is 2. The van der Waals surface area contributed by atoms with E-state index in [-0.39, 0.29) is 18.9 Å². The highest BCUT2D eigenvalue weighted by Gasteiger charge is 2.53. The van der Waals surface area contributed by atoms with Gasteiger partial charge in [-0.25, -0.2) is 0 Å². The zero-order valence-electron chi connectivity index (χ0n) is 15.1. The van der Waals surface area contributed by atoms with Crippen LogP contribution in [-0.2, 0) is 19.1 Å². The van der Waals surface area contributed by atoms with Gasteiger partial charge in [0.05, 0.1) is 20.3 Å². The molecular weight excluding hydrogens is 410 g/mol. The molecule has 0 amide bonds. The monoisotopic (exact) mass is 429 g/mol. The SMILES string of the molecule is COC(=O)C1(C(=O)OC)CC(c2ccc(Br)cc2)=NC(c2ccccc2)C1. The minimum atomic E-state index is -1.42. The number of hydrogen-bond acceptors (Lipinski definition) is 5. The number of benzene rings is 2. The van der Waals surface area contributed by atoms with Gasteiger partial charge in [-0.2, -0.15) is 0 Å². The highest BCUT2D eigenvalue weighted by atomic mass is 79.9.